The van der Waals surface area contributed by atoms with E-state index in [2.05, 4.69) is 47.1 Å². The molecule has 32 heavy (non-hydrogen) atoms. The van der Waals surface area contributed by atoms with Crippen molar-refractivity contribution in [3.8, 4) is 6.07 Å². The van der Waals surface area contributed by atoms with E-state index < -0.39 is 5.92 Å². The predicted octanol–water partition coefficient (Wildman–Crippen LogP) is 4.00. The number of nitrogens with one attached hydrogen (secondary N) is 1. The van der Waals surface area contributed by atoms with Gasteiger partial charge in [0.25, 0.3) is 0 Å². The van der Waals surface area contributed by atoms with E-state index in [1.807, 2.05) is 30.3 Å². The van der Waals surface area contributed by atoms with Gasteiger partial charge in [0.05, 0.1) is 17.1 Å². The fourth-order valence-corrected chi connectivity index (χ4v) is 4.25. The molecule has 1 aromatic heterocycles. The Morgan fingerprint density at radius 2 is 1.78 bits per heavy atom. The van der Waals surface area contributed by atoms with Crippen molar-refractivity contribution < 1.29 is 4.79 Å². The van der Waals surface area contributed by atoms with Crippen LogP contribution in [0, 0.1) is 17.2 Å². The second-order valence-electron chi connectivity index (χ2n) is 8.14. The molecule has 1 saturated heterocycles. The number of nitriles is 1. The Kier molecular flexibility index (Phi) is 6.76. The smallest absolute Gasteiger partial charge is 0.243 e. The first-order valence-electron chi connectivity index (χ1n) is 11.0. The van der Waals surface area contributed by atoms with Gasteiger partial charge in [-0.05, 0) is 42.9 Å². The van der Waals surface area contributed by atoms with E-state index in [1.54, 1.807) is 6.08 Å². The number of amides is 1. The topological polar surface area (TPSA) is 81.9 Å². The van der Waals surface area contributed by atoms with Crippen LogP contribution in [0.2, 0.25) is 0 Å². The third-order valence-electron chi connectivity index (χ3n) is 5.94. The molecule has 2 aromatic carbocycles. The van der Waals surface area contributed by atoms with E-state index in [0.717, 1.165) is 37.9 Å². The van der Waals surface area contributed by atoms with E-state index in [0.29, 0.717) is 29.5 Å². The van der Waals surface area contributed by atoms with Crippen LogP contribution in [0.3, 0.4) is 0 Å². The molecule has 1 aliphatic heterocycles. The van der Waals surface area contributed by atoms with Crippen LogP contribution in [0.1, 0.15) is 30.0 Å². The van der Waals surface area contributed by atoms with Gasteiger partial charge in [0.15, 0.2) is 11.7 Å². The van der Waals surface area contributed by atoms with E-state index in [-0.39, 0.29) is 5.91 Å². The van der Waals surface area contributed by atoms with Gasteiger partial charge < -0.3 is 10.2 Å². The summed E-state index contributed by atoms with van der Waals surface area (Å²) >= 11 is 0. The van der Waals surface area contributed by atoms with Gasteiger partial charge in [-0.3, -0.25) is 4.79 Å². The second-order valence-corrected chi connectivity index (χ2v) is 8.14. The van der Waals surface area contributed by atoms with Crippen molar-refractivity contribution in [1.82, 2.24) is 15.3 Å². The summed E-state index contributed by atoms with van der Waals surface area (Å²) in [6.45, 7) is 5.58. The van der Waals surface area contributed by atoms with Crippen LogP contribution in [0.4, 0.5) is 5.82 Å². The van der Waals surface area contributed by atoms with Crippen LogP contribution in [-0.4, -0.2) is 35.5 Å². The zero-order valence-electron chi connectivity index (χ0n) is 18.1. The number of para-hydroxylation sites is 2. The maximum Gasteiger partial charge on any atom is 0.243 e. The van der Waals surface area contributed by atoms with Crippen molar-refractivity contribution in [1.29, 1.82) is 5.26 Å². The minimum Gasteiger partial charge on any atom is -0.355 e. The van der Waals surface area contributed by atoms with Gasteiger partial charge in [-0.1, -0.05) is 48.5 Å². The lowest BCUT2D eigenvalue weighted by molar-refractivity contribution is -0.121. The first-order chi connectivity index (χ1) is 15.7. The number of nitrogens with zero attached hydrogens (tertiary/aromatic N) is 4. The lowest BCUT2D eigenvalue weighted by Crippen LogP contribution is -2.37. The van der Waals surface area contributed by atoms with Crippen LogP contribution < -0.4 is 10.2 Å². The van der Waals surface area contributed by atoms with Gasteiger partial charge in [0, 0.05) is 19.6 Å². The molecular weight excluding hydrogens is 398 g/mol. The average molecular weight is 426 g/mol. The van der Waals surface area contributed by atoms with Crippen LogP contribution in [0.15, 0.2) is 67.3 Å². The molecule has 0 saturated carbocycles. The van der Waals surface area contributed by atoms with Crippen LogP contribution in [0.5, 0.6) is 0 Å². The third kappa shape index (κ3) is 4.78. The monoisotopic (exact) mass is 425 g/mol. The van der Waals surface area contributed by atoms with Gasteiger partial charge >= 0.3 is 0 Å². The second kappa shape index (κ2) is 10.1. The average Bonchev–Trinajstić information content (AvgIpc) is 2.84. The number of anilines is 1. The molecule has 1 N–H and O–H groups in total. The highest BCUT2D eigenvalue weighted by Gasteiger charge is 2.30. The van der Waals surface area contributed by atoms with Crippen molar-refractivity contribution in [2.75, 3.05) is 24.5 Å². The van der Waals surface area contributed by atoms with Crippen LogP contribution in [-0.2, 0) is 11.2 Å². The fourth-order valence-electron chi connectivity index (χ4n) is 4.25. The van der Waals surface area contributed by atoms with Crippen molar-refractivity contribution in [2.24, 2.45) is 5.92 Å². The highest BCUT2D eigenvalue weighted by atomic mass is 16.1. The first-order valence-corrected chi connectivity index (χ1v) is 11.0. The highest BCUT2D eigenvalue weighted by molar-refractivity contribution is 5.89. The quantitative estimate of drug-likeness (QED) is 0.579. The molecule has 0 bridgehead atoms. The lowest BCUT2D eigenvalue weighted by Gasteiger charge is -2.34. The van der Waals surface area contributed by atoms with Gasteiger partial charge in [-0.15, -0.1) is 6.58 Å². The Hall–Kier alpha value is -3.72. The van der Waals surface area contributed by atoms with Crippen molar-refractivity contribution in [2.45, 2.75) is 25.2 Å². The SMILES string of the molecule is C=CCNC(=O)C(C#N)c1nc2ccccc2nc1N1CCC(Cc2ccccc2)CC1. The Morgan fingerprint density at radius 3 is 2.44 bits per heavy atom. The summed E-state index contributed by atoms with van der Waals surface area (Å²) in [5.74, 6) is -0.156. The zero-order valence-corrected chi connectivity index (χ0v) is 18.1. The molecule has 162 valence electrons. The minimum atomic E-state index is -1.02. The van der Waals surface area contributed by atoms with E-state index in [9.17, 15) is 10.1 Å². The summed E-state index contributed by atoms with van der Waals surface area (Å²) in [5.41, 5.74) is 3.23. The summed E-state index contributed by atoms with van der Waals surface area (Å²) < 4.78 is 0. The molecule has 0 aliphatic carbocycles. The number of piperidine rings is 1. The third-order valence-corrected chi connectivity index (χ3v) is 5.94. The molecule has 6 nitrogen and oxygen atoms in total. The molecule has 1 amide bonds. The number of hydrogen-bond donors (Lipinski definition) is 1. The molecule has 2 heterocycles. The number of fused-ring (bicyclic) bond motifs is 1. The van der Waals surface area contributed by atoms with Crippen molar-refractivity contribution >= 4 is 22.8 Å². The molecule has 0 spiro atoms. The molecule has 0 radical (unpaired) electrons. The van der Waals surface area contributed by atoms with Gasteiger partial charge in [-0.25, -0.2) is 9.97 Å². The summed E-state index contributed by atoms with van der Waals surface area (Å²) in [5, 5.41) is 12.6. The largest absolute Gasteiger partial charge is 0.355 e. The molecule has 6 heteroatoms. The summed E-state index contributed by atoms with van der Waals surface area (Å²) in [6, 6.07) is 20.3. The molecule has 1 fully saturated rings. The number of benzene rings is 2. The minimum absolute atomic E-state index is 0.304. The Morgan fingerprint density at radius 1 is 1.12 bits per heavy atom. The van der Waals surface area contributed by atoms with E-state index >= 15 is 0 Å². The zero-order chi connectivity index (χ0) is 22.3. The Balaban J connectivity index is 1.60. The van der Waals surface area contributed by atoms with E-state index in [1.165, 1.54) is 5.56 Å². The molecule has 4 rings (SSSR count). The molecule has 1 atom stereocenters. The summed E-state index contributed by atoms with van der Waals surface area (Å²) in [6.07, 6.45) is 4.72. The summed E-state index contributed by atoms with van der Waals surface area (Å²) in [4.78, 5) is 24.4. The maximum absolute atomic E-state index is 12.7. The number of hydrogen-bond acceptors (Lipinski definition) is 5. The number of carbonyl (C=O) groups is 1. The Bertz CT molecular complexity index is 1130. The molecule has 1 aliphatic rings. The maximum atomic E-state index is 12.7. The molecular formula is C26H27N5O. The van der Waals surface area contributed by atoms with Gasteiger partial charge in [-0.2, -0.15) is 5.26 Å². The van der Waals surface area contributed by atoms with Gasteiger partial charge in [0.2, 0.25) is 5.91 Å². The normalized spacial score (nSPS) is 15.2. The summed E-state index contributed by atoms with van der Waals surface area (Å²) in [7, 11) is 0. The predicted molar refractivity (Wildman–Crippen MR) is 126 cm³/mol. The van der Waals surface area contributed by atoms with Crippen molar-refractivity contribution in [3.63, 3.8) is 0 Å². The number of carbonyl (C=O) groups excluding carboxylic acids is 1. The van der Waals surface area contributed by atoms with Gasteiger partial charge in [0.1, 0.15) is 5.69 Å². The fraction of sp³-hybridized carbons (Fsp3) is 0.308. The standard InChI is InChI=1S/C26H27N5O/c1-2-14-28-26(32)21(18-27)24-25(30-23-11-7-6-10-22(23)29-24)31-15-12-20(13-16-31)17-19-8-4-3-5-9-19/h2-11,20-21H,1,12-17H2,(H,28,32). The van der Waals surface area contributed by atoms with E-state index in [4.69, 9.17) is 9.97 Å². The first kappa shape index (κ1) is 21.5. The van der Waals surface area contributed by atoms with Crippen LogP contribution in [0.25, 0.3) is 11.0 Å². The number of aromatic nitrogens is 2. The highest BCUT2D eigenvalue weighted by Crippen LogP contribution is 2.31. The Labute approximate surface area is 188 Å². The van der Waals surface area contributed by atoms with Crippen LogP contribution >= 0.6 is 0 Å². The van der Waals surface area contributed by atoms with Crippen molar-refractivity contribution in [3.05, 3.63) is 78.5 Å². The molecule has 1 unspecified atom stereocenters. The number of rotatable bonds is 7. The molecule has 3 aromatic rings. The lowest BCUT2D eigenvalue weighted by atomic mass is 9.90.